The van der Waals surface area contributed by atoms with Crippen molar-refractivity contribution in [1.29, 1.82) is 0 Å². The van der Waals surface area contributed by atoms with E-state index in [1.54, 1.807) is 31.4 Å². The molecule has 0 radical (unpaired) electrons. The average molecular weight is 421 g/mol. The van der Waals surface area contributed by atoms with E-state index in [9.17, 15) is 9.59 Å². The molecule has 7 nitrogen and oxygen atoms in total. The summed E-state index contributed by atoms with van der Waals surface area (Å²) in [6, 6.07) is 12.3. The van der Waals surface area contributed by atoms with Gasteiger partial charge in [0.1, 0.15) is 11.5 Å². The lowest BCUT2D eigenvalue weighted by Gasteiger charge is -2.35. The van der Waals surface area contributed by atoms with Crippen molar-refractivity contribution in [2.24, 2.45) is 0 Å². The largest absolute Gasteiger partial charge is 0.497 e. The maximum absolute atomic E-state index is 13.6. The van der Waals surface area contributed by atoms with Crippen molar-refractivity contribution in [3.05, 3.63) is 59.8 Å². The summed E-state index contributed by atoms with van der Waals surface area (Å²) in [5, 5.41) is 0. The number of ether oxygens (including phenoxy) is 2. The predicted molar refractivity (Wildman–Crippen MR) is 119 cm³/mol. The minimum Gasteiger partial charge on any atom is -0.497 e. The highest BCUT2D eigenvalue weighted by Crippen LogP contribution is 2.38. The van der Waals surface area contributed by atoms with Gasteiger partial charge in [0.15, 0.2) is 0 Å². The zero-order chi connectivity index (χ0) is 22.0. The summed E-state index contributed by atoms with van der Waals surface area (Å²) < 4.78 is 10.7. The molecule has 2 aromatic rings. The van der Waals surface area contributed by atoms with Crippen molar-refractivity contribution < 1.29 is 19.1 Å². The summed E-state index contributed by atoms with van der Waals surface area (Å²) in [6.45, 7) is 6.75. The number of piperazine rings is 1. The first-order valence-electron chi connectivity index (χ1n) is 10.5. The molecule has 2 aromatic carbocycles. The molecular formula is C24H27N3O4. The summed E-state index contributed by atoms with van der Waals surface area (Å²) in [7, 11) is 3.07. The van der Waals surface area contributed by atoms with Crippen LogP contribution in [0.3, 0.4) is 0 Å². The fourth-order valence-corrected chi connectivity index (χ4v) is 4.06. The molecule has 2 amide bonds. The second-order valence-electron chi connectivity index (χ2n) is 7.54. The second kappa shape index (κ2) is 8.81. The van der Waals surface area contributed by atoms with Gasteiger partial charge in [-0.05, 0) is 24.7 Å². The Hall–Kier alpha value is -3.32. The zero-order valence-electron chi connectivity index (χ0n) is 18.1. The molecule has 0 atom stereocenters. The van der Waals surface area contributed by atoms with Crippen LogP contribution in [0, 0.1) is 0 Å². The number of hydrogen-bond donors (Lipinski definition) is 0. The minimum absolute atomic E-state index is 0.356. The van der Waals surface area contributed by atoms with Crippen LogP contribution in [0.1, 0.15) is 22.8 Å². The molecule has 4 rings (SSSR count). The minimum atomic E-state index is -0.364. The van der Waals surface area contributed by atoms with Gasteiger partial charge in [0.05, 0.1) is 25.5 Å². The molecule has 0 unspecified atom stereocenters. The molecule has 2 aliphatic rings. The average Bonchev–Trinajstić information content (AvgIpc) is 2.82. The van der Waals surface area contributed by atoms with Crippen molar-refractivity contribution in [2.75, 3.05) is 51.8 Å². The number of carbonyl (C=O) groups is 2. The van der Waals surface area contributed by atoms with Gasteiger partial charge >= 0.3 is 0 Å². The lowest BCUT2D eigenvalue weighted by molar-refractivity contribution is -0.112. The Morgan fingerprint density at radius 2 is 1.61 bits per heavy atom. The highest BCUT2D eigenvalue weighted by molar-refractivity contribution is 6.41. The van der Waals surface area contributed by atoms with Gasteiger partial charge in [0.25, 0.3) is 11.8 Å². The third-order valence-electron chi connectivity index (χ3n) is 5.88. The van der Waals surface area contributed by atoms with Crippen LogP contribution in [-0.4, -0.2) is 68.6 Å². The predicted octanol–water partition coefficient (Wildman–Crippen LogP) is 2.87. The first-order chi connectivity index (χ1) is 15.1. The molecule has 0 saturated carbocycles. The van der Waals surface area contributed by atoms with Crippen LogP contribution < -0.4 is 14.4 Å². The van der Waals surface area contributed by atoms with Crippen molar-refractivity contribution in [1.82, 2.24) is 9.80 Å². The molecule has 0 aliphatic carbocycles. The van der Waals surface area contributed by atoms with E-state index in [2.05, 4.69) is 16.7 Å². The SMILES string of the molecule is CCN1CCN(C=C2C(=O)N(c3ccc(OC)cc3OC)C(=O)c3ccccc32)CC1. The number of carbonyl (C=O) groups excluding carboxylic acids is 2. The van der Waals surface area contributed by atoms with Gasteiger partial charge in [-0.3, -0.25) is 9.59 Å². The number of benzene rings is 2. The van der Waals surface area contributed by atoms with Gasteiger partial charge in [-0.2, -0.15) is 0 Å². The van der Waals surface area contributed by atoms with E-state index in [-0.39, 0.29) is 11.8 Å². The Balaban J connectivity index is 1.77. The zero-order valence-corrected chi connectivity index (χ0v) is 18.1. The van der Waals surface area contributed by atoms with E-state index in [0.29, 0.717) is 33.9 Å². The van der Waals surface area contributed by atoms with E-state index in [1.807, 2.05) is 24.4 Å². The number of rotatable bonds is 5. The van der Waals surface area contributed by atoms with E-state index in [0.717, 1.165) is 32.7 Å². The summed E-state index contributed by atoms with van der Waals surface area (Å²) in [6.07, 6.45) is 1.91. The van der Waals surface area contributed by atoms with E-state index in [4.69, 9.17) is 9.47 Å². The highest BCUT2D eigenvalue weighted by atomic mass is 16.5. The standard InChI is InChI=1S/C24H27N3O4/c1-4-25-11-13-26(14-12-25)16-20-18-7-5-6-8-19(18)23(28)27(24(20)29)21-10-9-17(30-2)15-22(21)31-3/h5-10,15-16H,4,11-14H2,1-3H3. The van der Waals surface area contributed by atoms with Gasteiger partial charge in [0, 0.05) is 49.6 Å². The third kappa shape index (κ3) is 3.88. The molecule has 1 saturated heterocycles. The second-order valence-corrected chi connectivity index (χ2v) is 7.54. The summed E-state index contributed by atoms with van der Waals surface area (Å²) >= 11 is 0. The molecule has 0 bridgehead atoms. The van der Waals surface area contributed by atoms with Crippen LogP contribution in [0.25, 0.3) is 5.57 Å². The molecule has 2 aliphatic heterocycles. The maximum Gasteiger partial charge on any atom is 0.267 e. The highest BCUT2D eigenvalue weighted by Gasteiger charge is 2.37. The van der Waals surface area contributed by atoms with E-state index >= 15 is 0 Å². The number of fused-ring (bicyclic) bond motifs is 1. The van der Waals surface area contributed by atoms with Gasteiger partial charge in [-0.1, -0.05) is 25.1 Å². The number of hydrogen-bond acceptors (Lipinski definition) is 6. The molecule has 0 spiro atoms. The molecule has 0 N–H and O–H groups in total. The first-order valence-corrected chi connectivity index (χ1v) is 10.5. The van der Waals surface area contributed by atoms with Gasteiger partial charge < -0.3 is 19.3 Å². The Morgan fingerprint density at radius 1 is 0.903 bits per heavy atom. The van der Waals surface area contributed by atoms with E-state index in [1.165, 1.54) is 12.0 Å². The molecule has 2 heterocycles. The fraction of sp³-hybridized carbons (Fsp3) is 0.333. The quantitative estimate of drug-likeness (QED) is 0.547. The van der Waals surface area contributed by atoms with Crippen LogP contribution in [-0.2, 0) is 4.79 Å². The van der Waals surface area contributed by atoms with E-state index < -0.39 is 0 Å². The van der Waals surface area contributed by atoms with Crippen LogP contribution in [0.4, 0.5) is 5.69 Å². The van der Waals surface area contributed by atoms with Crippen molar-refractivity contribution in [2.45, 2.75) is 6.92 Å². The molecular weight excluding hydrogens is 394 g/mol. The Morgan fingerprint density at radius 3 is 2.26 bits per heavy atom. The number of methoxy groups -OCH3 is 2. The summed E-state index contributed by atoms with van der Waals surface area (Å²) in [4.78, 5) is 32.7. The smallest absolute Gasteiger partial charge is 0.267 e. The number of imide groups is 1. The topological polar surface area (TPSA) is 62.3 Å². The van der Waals surface area contributed by atoms with Gasteiger partial charge in [0.2, 0.25) is 0 Å². The molecule has 1 fully saturated rings. The van der Waals surface area contributed by atoms with Crippen molar-refractivity contribution in [3.8, 4) is 11.5 Å². The van der Waals surface area contributed by atoms with Crippen molar-refractivity contribution >= 4 is 23.1 Å². The number of anilines is 1. The van der Waals surface area contributed by atoms with Crippen LogP contribution in [0.2, 0.25) is 0 Å². The third-order valence-corrected chi connectivity index (χ3v) is 5.88. The fourth-order valence-electron chi connectivity index (χ4n) is 4.06. The Bertz CT molecular complexity index is 1030. The lowest BCUT2D eigenvalue weighted by Crippen LogP contribution is -2.45. The number of likely N-dealkylation sites (N-methyl/N-ethyl adjacent to an activating group) is 1. The molecule has 162 valence electrons. The van der Waals surface area contributed by atoms with Crippen LogP contribution >= 0.6 is 0 Å². The molecule has 31 heavy (non-hydrogen) atoms. The van der Waals surface area contributed by atoms with Crippen LogP contribution in [0.15, 0.2) is 48.7 Å². The number of amides is 2. The monoisotopic (exact) mass is 421 g/mol. The number of nitrogens with zero attached hydrogens (tertiary/aromatic N) is 3. The normalized spacial score (nSPS) is 18.4. The summed E-state index contributed by atoms with van der Waals surface area (Å²) in [5.74, 6) is 0.265. The Kier molecular flexibility index (Phi) is 5.95. The molecule has 0 aromatic heterocycles. The van der Waals surface area contributed by atoms with Crippen LogP contribution in [0.5, 0.6) is 11.5 Å². The molecule has 7 heteroatoms. The van der Waals surface area contributed by atoms with Crippen molar-refractivity contribution in [3.63, 3.8) is 0 Å². The van der Waals surface area contributed by atoms with Gasteiger partial charge in [-0.25, -0.2) is 4.90 Å². The van der Waals surface area contributed by atoms with Gasteiger partial charge in [-0.15, -0.1) is 0 Å². The summed E-state index contributed by atoms with van der Waals surface area (Å²) in [5.41, 5.74) is 2.07. The first kappa shape index (κ1) is 20.9. The Labute approximate surface area is 182 Å². The maximum atomic E-state index is 13.6. The lowest BCUT2D eigenvalue weighted by atomic mass is 9.93.